The standard InChI is InChI=1S/C32H52O5/c1-19(2)11-10-16-30(9)23(14-12-20(3)4)17-31-18-25(33)37-28(31)24(15-13-21(5)6)27(35)32(30,29(31)36)26(34)22(7)8/h19-23,25,33H,10-18H2,1-9H3/t23-,25+,30+,31?,32?/m0/s1. The van der Waals surface area contributed by atoms with Crippen molar-refractivity contribution in [2.45, 2.75) is 126 Å². The highest BCUT2D eigenvalue weighted by Gasteiger charge is 2.77. The third-order valence-electron chi connectivity index (χ3n) is 9.66. The second-order valence-electron chi connectivity index (χ2n) is 14.1. The van der Waals surface area contributed by atoms with Crippen molar-refractivity contribution < 1.29 is 24.2 Å². The van der Waals surface area contributed by atoms with Gasteiger partial charge in [0, 0.05) is 17.9 Å². The number of carbonyl (C=O) groups is 3. The van der Waals surface area contributed by atoms with Crippen LogP contribution < -0.4 is 0 Å². The Labute approximate surface area is 225 Å². The molecular weight excluding hydrogens is 464 g/mol. The van der Waals surface area contributed by atoms with Gasteiger partial charge < -0.3 is 9.84 Å². The quantitative estimate of drug-likeness (QED) is 0.281. The summed E-state index contributed by atoms with van der Waals surface area (Å²) in [4.78, 5) is 44.1. The van der Waals surface area contributed by atoms with Gasteiger partial charge in [-0.3, -0.25) is 14.4 Å². The Balaban J connectivity index is 2.32. The molecule has 3 rings (SSSR count). The van der Waals surface area contributed by atoms with Gasteiger partial charge in [0.25, 0.3) is 0 Å². The van der Waals surface area contributed by atoms with E-state index in [0.717, 1.165) is 32.1 Å². The minimum Gasteiger partial charge on any atom is -0.468 e. The molecule has 1 saturated carbocycles. The maximum Gasteiger partial charge on any atom is 0.198 e. The van der Waals surface area contributed by atoms with Gasteiger partial charge >= 0.3 is 0 Å². The van der Waals surface area contributed by atoms with Crippen molar-refractivity contribution in [1.29, 1.82) is 0 Å². The van der Waals surface area contributed by atoms with Crippen LogP contribution in [0.3, 0.4) is 0 Å². The van der Waals surface area contributed by atoms with Crippen molar-refractivity contribution in [3.63, 3.8) is 0 Å². The molecule has 210 valence electrons. The number of hydrogen-bond donors (Lipinski definition) is 1. The molecule has 5 nitrogen and oxygen atoms in total. The van der Waals surface area contributed by atoms with Crippen LogP contribution in [0.15, 0.2) is 11.3 Å². The molecule has 2 unspecified atom stereocenters. The lowest BCUT2D eigenvalue weighted by Crippen LogP contribution is -2.70. The fraction of sp³-hybridized carbons (Fsp3) is 0.844. The molecule has 1 saturated heterocycles. The van der Waals surface area contributed by atoms with Crippen molar-refractivity contribution >= 4 is 17.3 Å². The van der Waals surface area contributed by atoms with Crippen LogP contribution in [-0.2, 0) is 19.1 Å². The first-order valence-electron chi connectivity index (χ1n) is 14.9. The Hall–Kier alpha value is -1.49. The number of rotatable bonds is 12. The molecule has 5 heteroatoms. The Morgan fingerprint density at radius 1 is 0.946 bits per heavy atom. The van der Waals surface area contributed by atoms with Crippen LogP contribution in [-0.4, -0.2) is 28.7 Å². The smallest absolute Gasteiger partial charge is 0.198 e. The highest BCUT2D eigenvalue weighted by molar-refractivity contribution is 6.33. The third-order valence-corrected chi connectivity index (χ3v) is 9.66. The lowest BCUT2D eigenvalue weighted by molar-refractivity contribution is -0.179. The van der Waals surface area contributed by atoms with E-state index in [4.69, 9.17) is 4.74 Å². The zero-order chi connectivity index (χ0) is 27.9. The van der Waals surface area contributed by atoms with Crippen LogP contribution in [0.5, 0.6) is 0 Å². The summed E-state index contributed by atoms with van der Waals surface area (Å²) in [7, 11) is 0. The summed E-state index contributed by atoms with van der Waals surface area (Å²) < 4.78 is 5.95. The van der Waals surface area contributed by atoms with Crippen molar-refractivity contribution in [3.8, 4) is 0 Å². The van der Waals surface area contributed by atoms with E-state index >= 15 is 0 Å². The van der Waals surface area contributed by atoms with E-state index in [1.54, 1.807) is 0 Å². The van der Waals surface area contributed by atoms with Crippen LogP contribution in [0.2, 0.25) is 0 Å². The number of aliphatic hydroxyl groups is 1. The van der Waals surface area contributed by atoms with Gasteiger partial charge in [-0.2, -0.15) is 0 Å². The second-order valence-corrected chi connectivity index (χ2v) is 14.1. The van der Waals surface area contributed by atoms with Crippen molar-refractivity contribution in [2.24, 2.45) is 45.8 Å². The molecule has 0 aromatic rings. The van der Waals surface area contributed by atoms with Gasteiger partial charge in [-0.25, -0.2) is 0 Å². The van der Waals surface area contributed by atoms with Crippen molar-refractivity contribution in [3.05, 3.63) is 11.3 Å². The monoisotopic (exact) mass is 516 g/mol. The molecule has 0 aromatic carbocycles. The van der Waals surface area contributed by atoms with Crippen LogP contribution in [0.1, 0.15) is 120 Å². The minimum absolute atomic E-state index is 0.0157. The first-order valence-corrected chi connectivity index (χ1v) is 14.9. The number of carbonyl (C=O) groups excluding carboxylic acids is 3. The van der Waals surface area contributed by atoms with E-state index in [1.807, 2.05) is 13.8 Å². The minimum atomic E-state index is -1.71. The third kappa shape index (κ3) is 4.87. The predicted octanol–water partition coefficient (Wildman–Crippen LogP) is 7.05. The van der Waals surface area contributed by atoms with Gasteiger partial charge in [-0.15, -0.1) is 0 Å². The lowest BCUT2D eigenvalue weighted by atomic mass is 9.38. The van der Waals surface area contributed by atoms with E-state index in [0.29, 0.717) is 48.3 Å². The predicted molar refractivity (Wildman–Crippen MR) is 147 cm³/mol. The highest BCUT2D eigenvalue weighted by Crippen LogP contribution is 2.69. The first-order chi connectivity index (χ1) is 17.1. The summed E-state index contributed by atoms with van der Waals surface area (Å²) >= 11 is 0. The number of Topliss-reactive ketones (excluding diaryl/α,β-unsaturated/α-hetero) is 3. The van der Waals surface area contributed by atoms with Gasteiger partial charge in [-0.05, 0) is 61.2 Å². The average molecular weight is 517 g/mol. The molecule has 5 atom stereocenters. The topological polar surface area (TPSA) is 80.7 Å². The number of allylic oxidation sites excluding steroid dienone is 2. The largest absolute Gasteiger partial charge is 0.468 e. The van der Waals surface area contributed by atoms with Crippen LogP contribution in [0.4, 0.5) is 0 Å². The molecule has 37 heavy (non-hydrogen) atoms. The van der Waals surface area contributed by atoms with E-state index < -0.39 is 28.5 Å². The van der Waals surface area contributed by atoms with Crippen LogP contribution >= 0.6 is 0 Å². The Bertz CT molecular complexity index is 927. The van der Waals surface area contributed by atoms with E-state index in [2.05, 4.69) is 48.5 Å². The molecule has 2 aliphatic carbocycles. The molecule has 2 fully saturated rings. The van der Waals surface area contributed by atoms with Gasteiger partial charge in [0.2, 0.25) is 0 Å². The Morgan fingerprint density at radius 2 is 1.54 bits per heavy atom. The molecular formula is C32H52O5. The molecule has 0 amide bonds. The Kier molecular flexibility index (Phi) is 8.89. The second kappa shape index (κ2) is 10.9. The summed E-state index contributed by atoms with van der Waals surface area (Å²) in [6, 6.07) is 0. The van der Waals surface area contributed by atoms with Crippen molar-refractivity contribution in [1.82, 2.24) is 0 Å². The normalized spacial score (nSPS) is 33.7. The molecule has 1 spiro atoms. The number of aliphatic hydroxyl groups excluding tert-OH is 1. The molecule has 1 heterocycles. The highest BCUT2D eigenvalue weighted by atomic mass is 16.6. The summed E-state index contributed by atoms with van der Waals surface area (Å²) in [5, 5.41) is 10.7. The van der Waals surface area contributed by atoms with E-state index in [1.165, 1.54) is 0 Å². The molecule has 0 aromatic heterocycles. The van der Waals surface area contributed by atoms with Gasteiger partial charge in [0.05, 0.1) is 5.41 Å². The Morgan fingerprint density at radius 3 is 2.08 bits per heavy atom. The van der Waals surface area contributed by atoms with Crippen molar-refractivity contribution in [2.75, 3.05) is 0 Å². The molecule has 1 aliphatic heterocycles. The van der Waals surface area contributed by atoms with Crippen LogP contribution in [0.25, 0.3) is 0 Å². The zero-order valence-corrected chi connectivity index (χ0v) is 24.9. The average Bonchev–Trinajstić information content (AvgIpc) is 3.11. The van der Waals surface area contributed by atoms with Crippen LogP contribution in [0, 0.1) is 45.8 Å². The van der Waals surface area contributed by atoms with Gasteiger partial charge in [0.1, 0.15) is 5.76 Å². The maximum absolute atomic E-state index is 14.8. The number of fused-ring (bicyclic) bond motifs is 1. The lowest BCUT2D eigenvalue weighted by Gasteiger charge is -2.60. The fourth-order valence-electron chi connectivity index (χ4n) is 7.59. The summed E-state index contributed by atoms with van der Waals surface area (Å²) in [6.45, 7) is 18.7. The SMILES string of the molecule is CC(C)CCC[C@]1(C)[C@@H](CCC(C)C)CC23C[C@H](O)OC2=C(CCC(C)C)C(=O)C1(C(=O)C(C)C)C3=O. The number of ether oxygens (including phenoxy) is 1. The molecule has 1 N–H and O–H groups in total. The van der Waals surface area contributed by atoms with Gasteiger partial charge in [0.15, 0.2) is 29.1 Å². The summed E-state index contributed by atoms with van der Waals surface area (Å²) in [5.41, 5.74) is -3.05. The molecule has 0 radical (unpaired) electrons. The first kappa shape index (κ1) is 30.1. The maximum atomic E-state index is 14.8. The number of ketones is 3. The molecule has 3 aliphatic rings. The van der Waals surface area contributed by atoms with E-state index in [-0.39, 0.29) is 29.7 Å². The molecule has 2 bridgehead atoms. The van der Waals surface area contributed by atoms with Gasteiger partial charge in [-0.1, -0.05) is 81.6 Å². The fourth-order valence-corrected chi connectivity index (χ4v) is 7.59. The summed E-state index contributed by atoms with van der Waals surface area (Å²) in [6.07, 6.45) is 5.19. The zero-order valence-electron chi connectivity index (χ0n) is 24.9. The van der Waals surface area contributed by atoms with E-state index in [9.17, 15) is 19.5 Å². The summed E-state index contributed by atoms with van der Waals surface area (Å²) in [5.74, 6) is 0.466. The number of hydrogen-bond acceptors (Lipinski definition) is 5.